The Balaban J connectivity index is 1.48. The lowest BCUT2D eigenvalue weighted by atomic mass is 10.2. The molecule has 25 heavy (non-hydrogen) atoms. The van der Waals surface area contributed by atoms with E-state index in [-0.39, 0.29) is 17.2 Å². The Morgan fingerprint density at radius 1 is 1.36 bits per heavy atom. The molecule has 1 saturated carbocycles. The number of nitrogens with zero attached hydrogens (tertiary/aromatic N) is 3. The Hall–Kier alpha value is -2.74. The normalized spacial score (nSPS) is 14.0. The summed E-state index contributed by atoms with van der Waals surface area (Å²) in [5, 5.41) is 17.1. The Bertz CT molecular complexity index is 987. The van der Waals surface area contributed by atoms with Gasteiger partial charge in [0.25, 0.3) is 0 Å². The Labute approximate surface area is 147 Å². The lowest BCUT2D eigenvalue weighted by Gasteiger charge is -2.05. The number of amides is 1. The van der Waals surface area contributed by atoms with Gasteiger partial charge in [0.2, 0.25) is 5.91 Å². The first-order chi connectivity index (χ1) is 12.0. The number of aromatic carboxylic acids is 1. The minimum Gasteiger partial charge on any atom is -0.477 e. The van der Waals surface area contributed by atoms with Crippen molar-refractivity contribution in [3.05, 3.63) is 40.8 Å². The number of rotatable bonds is 5. The molecule has 0 atom stereocenters. The van der Waals surface area contributed by atoms with Crippen molar-refractivity contribution in [2.24, 2.45) is 7.05 Å². The number of hydrogen-bond acceptors (Lipinski definition) is 5. The number of benzene rings is 1. The van der Waals surface area contributed by atoms with Gasteiger partial charge in [-0.25, -0.2) is 9.78 Å². The molecule has 0 aliphatic heterocycles. The average molecular weight is 356 g/mol. The molecule has 1 aliphatic carbocycles. The Morgan fingerprint density at radius 3 is 2.88 bits per heavy atom. The van der Waals surface area contributed by atoms with Crippen LogP contribution in [0.1, 0.15) is 40.1 Å². The number of carboxylic acids is 1. The molecular weight excluding hydrogens is 340 g/mol. The zero-order chi connectivity index (χ0) is 17.6. The molecule has 128 valence electrons. The predicted molar refractivity (Wildman–Crippen MR) is 94.1 cm³/mol. The summed E-state index contributed by atoms with van der Waals surface area (Å²) in [6.07, 6.45) is 2.39. The maximum Gasteiger partial charge on any atom is 0.345 e. The molecule has 7 nitrogen and oxygen atoms in total. The van der Waals surface area contributed by atoms with Crippen LogP contribution in [0.25, 0.3) is 10.1 Å². The van der Waals surface area contributed by atoms with Crippen LogP contribution in [0, 0.1) is 0 Å². The van der Waals surface area contributed by atoms with Crippen molar-refractivity contribution in [2.45, 2.75) is 25.2 Å². The lowest BCUT2D eigenvalue weighted by Crippen LogP contribution is -2.17. The van der Waals surface area contributed by atoms with E-state index in [1.54, 1.807) is 29.9 Å². The van der Waals surface area contributed by atoms with Gasteiger partial charge in [0.15, 0.2) is 5.82 Å². The van der Waals surface area contributed by atoms with E-state index in [0.717, 1.165) is 28.8 Å². The van der Waals surface area contributed by atoms with Crippen LogP contribution in [-0.2, 0) is 18.3 Å². The van der Waals surface area contributed by atoms with Gasteiger partial charge in [-0.05, 0) is 42.5 Å². The number of thiophene rings is 1. The molecule has 4 rings (SSSR count). The van der Waals surface area contributed by atoms with Crippen molar-refractivity contribution >= 4 is 39.0 Å². The first-order valence-corrected chi connectivity index (χ1v) is 8.78. The van der Waals surface area contributed by atoms with Crippen molar-refractivity contribution in [2.75, 3.05) is 5.32 Å². The molecule has 1 amide bonds. The maximum absolute atomic E-state index is 12.3. The van der Waals surface area contributed by atoms with E-state index in [1.165, 1.54) is 11.3 Å². The second-order valence-corrected chi connectivity index (χ2v) is 7.26. The van der Waals surface area contributed by atoms with Crippen molar-refractivity contribution in [1.82, 2.24) is 14.8 Å². The summed E-state index contributed by atoms with van der Waals surface area (Å²) in [6.45, 7) is 0. The number of hydrogen-bond donors (Lipinski definition) is 2. The quantitative estimate of drug-likeness (QED) is 0.733. The summed E-state index contributed by atoms with van der Waals surface area (Å²) in [6, 6.07) is 6.98. The molecule has 0 unspecified atom stereocenters. The van der Waals surface area contributed by atoms with Crippen molar-refractivity contribution in [3.63, 3.8) is 0 Å². The number of fused-ring (bicyclic) bond motifs is 1. The Morgan fingerprint density at radius 2 is 2.16 bits per heavy atom. The second kappa shape index (κ2) is 5.96. The summed E-state index contributed by atoms with van der Waals surface area (Å²) in [5.74, 6) is 0.800. The summed E-state index contributed by atoms with van der Waals surface area (Å²) in [4.78, 5) is 28.1. The SMILES string of the molecule is Cn1nc(C2CC2)nc1CC(=O)Nc1ccc2sc(C(=O)O)cc2c1. The van der Waals surface area contributed by atoms with Gasteiger partial charge in [-0.2, -0.15) is 5.10 Å². The number of nitrogens with one attached hydrogen (secondary N) is 1. The largest absolute Gasteiger partial charge is 0.477 e. The predicted octanol–water partition coefficient (Wildman–Crippen LogP) is 2.79. The molecule has 2 aromatic heterocycles. The zero-order valence-corrected chi connectivity index (χ0v) is 14.3. The highest BCUT2D eigenvalue weighted by Gasteiger charge is 2.28. The van der Waals surface area contributed by atoms with Crippen LogP contribution >= 0.6 is 11.3 Å². The number of aromatic nitrogens is 3. The topological polar surface area (TPSA) is 97.1 Å². The smallest absolute Gasteiger partial charge is 0.345 e. The van der Waals surface area contributed by atoms with E-state index >= 15 is 0 Å². The van der Waals surface area contributed by atoms with Gasteiger partial charge in [-0.1, -0.05) is 0 Å². The van der Waals surface area contributed by atoms with Gasteiger partial charge in [0.05, 0.1) is 6.42 Å². The number of carbonyl (C=O) groups is 2. The first kappa shape index (κ1) is 15.8. The van der Waals surface area contributed by atoms with Gasteiger partial charge >= 0.3 is 5.97 Å². The van der Waals surface area contributed by atoms with Gasteiger partial charge in [-0.3, -0.25) is 9.48 Å². The lowest BCUT2D eigenvalue weighted by molar-refractivity contribution is -0.115. The van der Waals surface area contributed by atoms with Crippen LogP contribution in [0.2, 0.25) is 0 Å². The maximum atomic E-state index is 12.3. The van der Waals surface area contributed by atoms with Crippen LogP contribution in [0.4, 0.5) is 5.69 Å². The molecule has 0 saturated heterocycles. The molecule has 0 bridgehead atoms. The van der Waals surface area contributed by atoms with Crippen LogP contribution in [0.15, 0.2) is 24.3 Å². The highest BCUT2D eigenvalue weighted by atomic mass is 32.1. The molecule has 1 aromatic carbocycles. The molecule has 0 radical (unpaired) electrons. The van der Waals surface area contributed by atoms with E-state index in [9.17, 15) is 9.59 Å². The monoisotopic (exact) mass is 356 g/mol. The minimum absolute atomic E-state index is 0.151. The van der Waals surface area contributed by atoms with Crippen molar-refractivity contribution in [1.29, 1.82) is 0 Å². The third-order valence-corrected chi connectivity index (χ3v) is 5.25. The second-order valence-electron chi connectivity index (χ2n) is 6.18. The van der Waals surface area contributed by atoms with Gasteiger partial charge in [0.1, 0.15) is 10.7 Å². The molecule has 2 N–H and O–H groups in total. The summed E-state index contributed by atoms with van der Waals surface area (Å²) in [7, 11) is 1.80. The van der Waals surface area contributed by atoms with Gasteiger partial charge in [-0.15, -0.1) is 11.3 Å². The summed E-state index contributed by atoms with van der Waals surface area (Å²) >= 11 is 1.22. The van der Waals surface area contributed by atoms with Gasteiger partial charge < -0.3 is 10.4 Å². The number of carboxylic acid groups (broad SMARTS) is 1. The molecule has 1 fully saturated rings. The fourth-order valence-corrected chi connectivity index (χ4v) is 3.56. The summed E-state index contributed by atoms with van der Waals surface area (Å²) in [5.41, 5.74) is 0.636. The van der Waals surface area contributed by atoms with Crippen molar-refractivity contribution < 1.29 is 14.7 Å². The highest BCUT2D eigenvalue weighted by molar-refractivity contribution is 7.20. The van der Waals surface area contributed by atoms with Gasteiger partial charge in [0, 0.05) is 23.4 Å². The van der Waals surface area contributed by atoms with Crippen LogP contribution in [0.5, 0.6) is 0 Å². The average Bonchev–Trinajstić information content (AvgIpc) is 3.22. The third kappa shape index (κ3) is 3.25. The van der Waals surface area contributed by atoms with E-state index in [2.05, 4.69) is 15.4 Å². The third-order valence-electron chi connectivity index (χ3n) is 4.14. The minimum atomic E-state index is -0.944. The molecule has 3 aromatic rings. The zero-order valence-electron chi connectivity index (χ0n) is 13.5. The van der Waals surface area contributed by atoms with Crippen LogP contribution in [-0.4, -0.2) is 31.7 Å². The van der Waals surface area contributed by atoms with Crippen LogP contribution in [0.3, 0.4) is 0 Å². The van der Waals surface area contributed by atoms with E-state index < -0.39 is 5.97 Å². The molecule has 1 aliphatic rings. The number of aryl methyl sites for hydroxylation is 1. The first-order valence-electron chi connectivity index (χ1n) is 7.96. The molecular formula is C17H16N4O3S. The number of anilines is 1. The Kier molecular flexibility index (Phi) is 3.76. The molecule has 0 spiro atoms. The van der Waals surface area contributed by atoms with E-state index in [1.807, 2.05) is 6.07 Å². The summed E-state index contributed by atoms with van der Waals surface area (Å²) < 4.78 is 2.53. The number of carbonyl (C=O) groups excluding carboxylic acids is 1. The fraction of sp³-hybridized carbons (Fsp3) is 0.294. The molecule has 8 heteroatoms. The fourth-order valence-electron chi connectivity index (χ4n) is 2.68. The highest BCUT2D eigenvalue weighted by Crippen LogP contribution is 2.38. The standard InChI is InChI=1S/C17H16N4O3S/c1-21-14(19-16(20-21)9-2-3-9)8-15(22)18-11-4-5-12-10(6-11)7-13(25-12)17(23)24/h4-7,9H,2-3,8H2,1H3,(H,18,22)(H,23,24). The van der Waals surface area contributed by atoms with Crippen molar-refractivity contribution in [3.8, 4) is 0 Å². The van der Waals surface area contributed by atoms with E-state index in [0.29, 0.717) is 17.4 Å². The van der Waals surface area contributed by atoms with Crippen LogP contribution < -0.4 is 5.32 Å². The molecule has 2 heterocycles. The van der Waals surface area contributed by atoms with E-state index in [4.69, 9.17) is 5.11 Å².